The van der Waals surface area contributed by atoms with Crippen LogP contribution in [-0.2, 0) is 16.0 Å². The summed E-state index contributed by atoms with van der Waals surface area (Å²) in [6.45, 7) is 2.81. The fourth-order valence-corrected chi connectivity index (χ4v) is 3.36. The Bertz CT molecular complexity index is 893. The van der Waals surface area contributed by atoms with Crippen LogP contribution in [0.3, 0.4) is 0 Å². The van der Waals surface area contributed by atoms with Crippen LogP contribution in [0.15, 0.2) is 36.4 Å². The topological polar surface area (TPSA) is 49.4 Å². The first-order valence-electron chi connectivity index (χ1n) is 9.13. The third kappa shape index (κ3) is 4.52. The first-order valence-corrected chi connectivity index (χ1v) is 9.13. The summed E-state index contributed by atoms with van der Waals surface area (Å²) in [5.41, 5.74) is 1.64. The maximum absolute atomic E-state index is 13.7. The van der Waals surface area contributed by atoms with Crippen LogP contribution in [0, 0.1) is 30.3 Å². The zero-order valence-corrected chi connectivity index (χ0v) is 15.5. The fraction of sp³-hybridized carbons (Fsp3) is 0.333. The average molecular weight is 390 g/mol. The summed E-state index contributed by atoms with van der Waals surface area (Å²) in [4.78, 5) is 26.5. The number of amides is 2. The highest BCUT2D eigenvalue weighted by atomic mass is 19.2. The summed E-state index contributed by atoms with van der Waals surface area (Å²) in [5, 5.41) is 2.31. The van der Waals surface area contributed by atoms with Crippen molar-refractivity contribution >= 4 is 17.5 Å². The highest BCUT2D eigenvalue weighted by Crippen LogP contribution is 2.23. The molecular weight excluding hydrogens is 369 g/mol. The van der Waals surface area contributed by atoms with Gasteiger partial charge in [-0.25, -0.2) is 13.2 Å². The van der Waals surface area contributed by atoms with E-state index in [2.05, 4.69) is 5.32 Å². The number of nitrogens with one attached hydrogen (secondary N) is 1. The molecule has 4 nitrogen and oxygen atoms in total. The molecule has 0 aliphatic carbocycles. The van der Waals surface area contributed by atoms with E-state index in [9.17, 15) is 22.8 Å². The van der Waals surface area contributed by atoms with E-state index in [1.54, 1.807) is 4.90 Å². The number of halogens is 3. The Labute approximate surface area is 161 Å². The molecule has 1 saturated heterocycles. The Hall–Kier alpha value is -2.83. The molecule has 0 unspecified atom stereocenters. The molecule has 0 aromatic heterocycles. The molecule has 1 fully saturated rings. The third-order valence-electron chi connectivity index (χ3n) is 4.95. The molecule has 2 aromatic rings. The van der Waals surface area contributed by atoms with Gasteiger partial charge in [-0.3, -0.25) is 9.59 Å². The van der Waals surface area contributed by atoms with E-state index in [0.29, 0.717) is 32.4 Å². The van der Waals surface area contributed by atoms with Gasteiger partial charge in [0.2, 0.25) is 11.8 Å². The van der Waals surface area contributed by atoms with Crippen LogP contribution in [-0.4, -0.2) is 29.8 Å². The number of hydrogen-bond donors (Lipinski definition) is 1. The summed E-state index contributed by atoms with van der Waals surface area (Å²) in [5.74, 6) is -5.23. The van der Waals surface area contributed by atoms with Crippen LogP contribution in [0.2, 0.25) is 0 Å². The second-order valence-electron chi connectivity index (χ2n) is 7.03. The van der Waals surface area contributed by atoms with E-state index in [0.717, 1.165) is 23.3 Å². The van der Waals surface area contributed by atoms with Gasteiger partial charge in [0.05, 0.1) is 12.1 Å². The Balaban J connectivity index is 1.54. The van der Waals surface area contributed by atoms with Crippen molar-refractivity contribution < 1.29 is 22.8 Å². The first-order chi connectivity index (χ1) is 13.3. The van der Waals surface area contributed by atoms with E-state index >= 15 is 0 Å². The number of anilines is 1. The molecule has 1 aliphatic heterocycles. The van der Waals surface area contributed by atoms with Crippen LogP contribution in [0.4, 0.5) is 18.9 Å². The van der Waals surface area contributed by atoms with Crippen molar-refractivity contribution in [2.45, 2.75) is 26.2 Å². The summed E-state index contributed by atoms with van der Waals surface area (Å²) in [7, 11) is 0. The van der Waals surface area contributed by atoms with Crippen molar-refractivity contribution in [1.82, 2.24) is 4.90 Å². The molecule has 0 spiro atoms. The number of aryl methyl sites for hydroxylation is 1. The number of hydrogen-bond acceptors (Lipinski definition) is 2. The van der Waals surface area contributed by atoms with Crippen molar-refractivity contribution in [3.8, 4) is 0 Å². The number of piperidine rings is 1. The number of likely N-dealkylation sites (tertiary alicyclic amines) is 1. The molecule has 1 heterocycles. The zero-order chi connectivity index (χ0) is 20.3. The van der Waals surface area contributed by atoms with Crippen LogP contribution < -0.4 is 5.32 Å². The minimum Gasteiger partial charge on any atom is -0.342 e. The molecule has 7 heteroatoms. The van der Waals surface area contributed by atoms with Gasteiger partial charge in [-0.2, -0.15) is 0 Å². The summed E-state index contributed by atoms with van der Waals surface area (Å²) in [6.07, 6.45) is 1.16. The smallest absolute Gasteiger partial charge is 0.227 e. The summed E-state index contributed by atoms with van der Waals surface area (Å²) in [6, 6.07) is 9.50. The van der Waals surface area contributed by atoms with Gasteiger partial charge in [-0.15, -0.1) is 0 Å². The van der Waals surface area contributed by atoms with Gasteiger partial charge in [0.25, 0.3) is 0 Å². The molecule has 1 N–H and O–H groups in total. The maximum Gasteiger partial charge on any atom is 0.227 e. The first kappa shape index (κ1) is 19.9. The van der Waals surface area contributed by atoms with E-state index < -0.39 is 29.3 Å². The van der Waals surface area contributed by atoms with E-state index in [1.807, 2.05) is 31.2 Å². The molecule has 3 rings (SSSR count). The molecule has 0 atom stereocenters. The van der Waals surface area contributed by atoms with Crippen molar-refractivity contribution in [3.63, 3.8) is 0 Å². The molecule has 2 amide bonds. The molecular formula is C21H21F3N2O2. The number of benzene rings is 2. The normalized spacial score (nSPS) is 14.8. The maximum atomic E-state index is 13.7. The summed E-state index contributed by atoms with van der Waals surface area (Å²) < 4.78 is 40.0. The molecule has 1 aliphatic rings. The molecule has 2 aromatic carbocycles. The lowest BCUT2D eigenvalue weighted by Crippen LogP contribution is -2.42. The molecule has 0 saturated carbocycles. The van der Waals surface area contributed by atoms with Crippen molar-refractivity contribution in [1.29, 1.82) is 0 Å². The number of carbonyl (C=O) groups is 2. The van der Waals surface area contributed by atoms with E-state index in [1.165, 1.54) is 0 Å². The van der Waals surface area contributed by atoms with Crippen molar-refractivity contribution in [3.05, 3.63) is 65.0 Å². The van der Waals surface area contributed by atoms with Crippen molar-refractivity contribution in [2.24, 2.45) is 5.92 Å². The quantitative estimate of drug-likeness (QED) is 0.807. The lowest BCUT2D eigenvalue weighted by atomic mass is 9.95. The predicted octanol–water partition coefficient (Wildman–Crippen LogP) is 3.83. The Kier molecular flexibility index (Phi) is 6.02. The molecule has 148 valence electrons. The standard InChI is InChI=1S/C21H21F3N2O2/c1-13-3-2-4-14(11-13)12-18(27)26-9-7-15(8-10-26)21(28)25-17-6-5-16(22)19(23)20(17)24/h2-6,11,15H,7-10,12H2,1H3,(H,25,28). The zero-order valence-electron chi connectivity index (χ0n) is 15.5. The monoisotopic (exact) mass is 390 g/mol. The lowest BCUT2D eigenvalue weighted by Gasteiger charge is -2.31. The van der Waals surface area contributed by atoms with Gasteiger partial charge in [0, 0.05) is 19.0 Å². The van der Waals surface area contributed by atoms with Crippen LogP contribution in [0.5, 0.6) is 0 Å². The lowest BCUT2D eigenvalue weighted by molar-refractivity contribution is -0.133. The highest BCUT2D eigenvalue weighted by Gasteiger charge is 2.28. The number of carbonyl (C=O) groups excluding carboxylic acids is 2. The summed E-state index contributed by atoms with van der Waals surface area (Å²) >= 11 is 0. The van der Waals surface area contributed by atoms with Gasteiger partial charge in [-0.1, -0.05) is 29.8 Å². The van der Waals surface area contributed by atoms with E-state index in [4.69, 9.17) is 0 Å². The minimum absolute atomic E-state index is 0.00360. The van der Waals surface area contributed by atoms with Crippen LogP contribution >= 0.6 is 0 Å². The van der Waals surface area contributed by atoms with Gasteiger partial charge in [-0.05, 0) is 37.5 Å². The minimum atomic E-state index is -1.62. The van der Waals surface area contributed by atoms with Gasteiger partial charge < -0.3 is 10.2 Å². The second kappa shape index (κ2) is 8.46. The third-order valence-corrected chi connectivity index (χ3v) is 4.95. The molecule has 28 heavy (non-hydrogen) atoms. The number of nitrogens with zero attached hydrogens (tertiary/aromatic N) is 1. The Morgan fingerprint density at radius 1 is 1.07 bits per heavy atom. The van der Waals surface area contributed by atoms with Gasteiger partial charge >= 0.3 is 0 Å². The fourth-order valence-electron chi connectivity index (χ4n) is 3.36. The average Bonchev–Trinajstić information content (AvgIpc) is 2.68. The largest absolute Gasteiger partial charge is 0.342 e. The van der Waals surface area contributed by atoms with E-state index in [-0.39, 0.29) is 11.6 Å². The second-order valence-corrected chi connectivity index (χ2v) is 7.03. The number of rotatable bonds is 4. The molecule has 0 radical (unpaired) electrons. The Morgan fingerprint density at radius 2 is 1.79 bits per heavy atom. The SMILES string of the molecule is Cc1cccc(CC(=O)N2CCC(C(=O)Nc3ccc(F)c(F)c3F)CC2)c1. The highest BCUT2D eigenvalue weighted by molar-refractivity contribution is 5.93. The van der Waals surface area contributed by atoms with Gasteiger partial charge in [0.1, 0.15) is 0 Å². The predicted molar refractivity (Wildman–Crippen MR) is 99.1 cm³/mol. The molecule has 0 bridgehead atoms. The van der Waals surface area contributed by atoms with Crippen LogP contribution in [0.25, 0.3) is 0 Å². The van der Waals surface area contributed by atoms with Crippen molar-refractivity contribution in [2.75, 3.05) is 18.4 Å². The Morgan fingerprint density at radius 3 is 2.46 bits per heavy atom. The van der Waals surface area contributed by atoms with Gasteiger partial charge in [0.15, 0.2) is 17.5 Å². The van der Waals surface area contributed by atoms with Crippen LogP contribution in [0.1, 0.15) is 24.0 Å².